The molecule has 2 N–H and O–H groups in total. The summed E-state index contributed by atoms with van der Waals surface area (Å²) in [4.78, 5) is 2.36. The summed E-state index contributed by atoms with van der Waals surface area (Å²) in [5.74, 6) is 0.782. The lowest BCUT2D eigenvalue weighted by Crippen LogP contribution is -2.38. The van der Waals surface area contributed by atoms with Crippen molar-refractivity contribution in [3.8, 4) is 0 Å². The minimum atomic E-state index is 0.286. The molecule has 0 amide bonds. The van der Waals surface area contributed by atoms with Gasteiger partial charge in [0.2, 0.25) is 0 Å². The summed E-state index contributed by atoms with van der Waals surface area (Å²) in [5, 5.41) is 16.3. The van der Waals surface area contributed by atoms with Gasteiger partial charge in [0.25, 0.3) is 0 Å². The SMILES string of the molecule is OCCN1CCC(CNCc2csc3ccccc23)CC1. The van der Waals surface area contributed by atoms with Crippen LogP contribution in [0, 0.1) is 5.92 Å². The second kappa shape index (κ2) is 7.36. The molecule has 2 heterocycles. The first-order valence-electron chi connectivity index (χ1n) is 7.86. The summed E-state index contributed by atoms with van der Waals surface area (Å²) in [6.07, 6.45) is 2.49. The van der Waals surface area contributed by atoms with Crippen LogP contribution in [-0.4, -0.2) is 42.8 Å². The van der Waals surface area contributed by atoms with Crippen molar-refractivity contribution in [1.29, 1.82) is 0 Å². The predicted octanol–water partition coefficient (Wildman–Crippen LogP) is 2.70. The third-order valence-electron chi connectivity index (χ3n) is 4.43. The van der Waals surface area contributed by atoms with Gasteiger partial charge >= 0.3 is 0 Å². The van der Waals surface area contributed by atoms with E-state index in [1.54, 1.807) is 0 Å². The van der Waals surface area contributed by atoms with E-state index in [4.69, 9.17) is 5.11 Å². The highest BCUT2D eigenvalue weighted by Gasteiger charge is 2.18. The number of piperidine rings is 1. The van der Waals surface area contributed by atoms with Crippen molar-refractivity contribution in [3.05, 3.63) is 35.2 Å². The van der Waals surface area contributed by atoms with Crippen LogP contribution in [0.4, 0.5) is 0 Å². The average Bonchev–Trinajstić information content (AvgIpc) is 2.93. The van der Waals surface area contributed by atoms with Gasteiger partial charge in [-0.2, -0.15) is 0 Å². The molecule has 0 unspecified atom stereocenters. The molecule has 0 radical (unpaired) electrons. The maximum atomic E-state index is 8.97. The monoisotopic (exact) mass is 304 g/mol. The molecule has 1 aromatic carbocycles. The molecule has 0 atom stereocenters. The van der Waals surface area contributed by atoms with Crippen molar-refractivity contribution in [1.82, 2.24) is 10.2 Å². The molecule has 1 aliphatic rings. The first kappa shape index (κ1) is 15.0. The Kier molecular flexibility index (Phi) is 5.25. The van der Waals surface area contributed by atoms with Crippen molar-refractivity contribution in [2.24, 2.45) is 5.92 Å². The Morgan fingerprint density at radius 2 is 2.05 bits per heavy atom. The Morgan fingerprint density at radius 3 is 2.86 bits per heavy atom. The summed E-state index contributed by atoms with van der Waals surface area (Å²) in [6.45, 7) is 5.47. The van der Waals surface area contributed by atoms with Crippen molar-refractivity contribution < 1.29 is 5.11 Å². The molecule has 3 nitrogen and oxygen atoms in total. The predicted molar refractivity (Wildman–Crippen MR) is 89.8 cm³/mol. The second-order valence-corrected chi connectivity index (χ2v) is 6.81. The molecular weight excluding hydrogens is 280 g/mol. The van der Waals surface area contributed by atoms with Crippen LogP contribution >= 0.6 is 11.3 Å². The van der Waals surface area contributed by atoms with Gasteiger partial charge in [0, 0.05) is 17.8 Å². The third kappa shape index (κ3) is 3.83. The Balaban J connectivity index is 1.44. The van der Waals surface area contributed by atoms with Gasteiger partial charge in [-0.25, -0.2) is 0 Å². The molecule has 1 fully saturated rings. The average molecular weight is 304 g/mol. The zero-order valence-electron chi connectivity index (χ0n) is 12.4. The van der Waals surface area contributed by atoms with Crippen LogP contribution in [0.2, 0.25) is 0 Å². The van der Waals surface area contributed by atoms with Gasteiger partial charge in [-0.3, -0.25) is 0 Å². The second-order valence-electron chi connectivity index (χ2n) is 5.90. The Morgan fingerprint density at radius 1 is 1.24 bits per heavy atom. The maximum Gasteiger partial charge on any atom is 0.0558 e. The minimum absolute atomic E-state index is 0.286. The van der Waals surface area contributed by atoms with Gasteiger partial charge in [0.1, 0.15) is 0 Å². The van der Waals surface area contributed by atoms with Gasteiger partial charge < -0.3 is 15.3 Å². The van der Waals surface area contributed by atoms with Gasteiger partial charge in [-0.05, 0) is 60.8 Å². The molecule has 114 valence electrons. The van der Waals surface area contributed by atoms with Gasteiger partial charge in [0.05, 0.1) is 6.61 Å². The van der Waals surface area contributed by atoms with E-state index < -0.39 is 0 Å². The molecule has 0 spiro atoms. The van der Waals surface area contributed by atoms with Crippen LogP contribution in [0.25, 0.3) is 10.1 Å². The van der Waals surface area contributed by atoms with Crippen LogP contribution in [-0.2, 0) is 6.54 Å². The van der Waals surface area contributed by atoms with Crippen LogP contribution in [0.15, 0.2) is 29.6 Å². The van der Waals surface area contributed by atoms with E-state index >= 15 is 0 Å². The van der Waals surface area contributed by atoms with Gasteiger partial charge in [-0.1, -0.05) is 18.2 Å². The quantitative estimate of drug-likeness (QED) is 0.861. The lowest BCUT2D eigenvalue weighted by Gasteiger charge is -2.31. The van der Waals surface area contributed by atoms with E-state index in [0.29, 0.717) is 0 Å². The fraction of sp³-hybridized carbons (Fsp3) is 0.529. The molecule has 4 heteroatoms. The van der Waals surface area contributed by atoms with Crippen molar-refractivity contribution in [2.45, 2.75) is 19.4 Å². The number of aliphatic hydroxyl groups excluding tert-OH is 1. The van der Waals surface area contributed by atoms with Crippen LogP contribution in [0.5, 0.6) is 0 Å². The first-order chi connectivity index (χ1) is 10.4. The zero-order chi connectivity index (χ0) is 14.5. The molecule has 3 rings (SSSR count). The number of thiophene rings is 1. The third-order valence-corrected chi connectivity index (χ3v) is 5.45. The summed E-state index contributed by atoms with van der Waals surface area (Å²) < 4.78 is 1.38. The maximum absolute atomic E-state index is 8.97. The normalized spacial score (nSPS) is 17.6. The lowest BCUT2D eigenvalue weighted by molar-refractivity contribution is 0.146. The van der Waals surface area contributed by atoms with E-state index in [1.807, 2.05) is 11.3 Å². The molecule has 0 bridgehead atoms. The molecule has 0 aliphatic carbocycles. The topological polar surface area (TPSA) is 35.5 Å². The molecule has 2 aromatic rings. The van der Waals surface area contributed by atoms with E-state index in [9.17, 15) is 0 Å². The summed E-state index contributed by atoms with van der Waals surface area (Å²) in [6, 6.07) is 8.64. The molecule has 1 aromatic heterocycles. The number of hydrogen-bond acceptors (Lipinski definition) is 4. The van der Waals surface area contributed by atoms with Gasteiger partial charge in [0.15, 0.2) is 0 Å². The Bertz CT molecular complexity index is 561. The smallest absolute Gasteiger partial charge is 0.0558 e. The number of fused-ring (bicyclic) bond motifs is 1. The number of likely N-dealkylation sites (tertiary alicyclic amines) is 1. The fourth-order valence-corrected chi connectivity index (χ4v) is 4.10. The number of β-amino-alcohol motifs (C(OH)–C–C–N with tert-alkyl or cyclic N) is 1. The highest BCUT2D eigenvalue weighted by atomic mass is 32.1. The minimum Gasteiger partial charge on any atom is -0.395 e. The van der Waals surface area contributed by atoms with E-state index in [-0.39, 0.29) is 6.61 Å². The number of benzene rings is 1. The van der Waals surface area contributed by atoms with E-state index in [2.05, 4.69) is 39.9 Å². The first-order valence-corrected chi connectivity index (χ1v) is 8.74. The standard InChI is InChI=1S/C17H24N2OS/c20-10-9-19-7-5-14(6-8-19)11-18-12-15-13-21-17-4-2-1-3-16(15)17/h1-4,13-14,18,20H,5-12H2. The summed E-state index contributed by atoms with van der Waals surface area (Å²) in [7, 11) is 0. The van der Waals surface area contributed by atoms with Crippen LogP contribution in [0.1, 0.15) is 18.4 Å². The van der Waals surface area contributed by atoms with Crippen molar-refractivity contribution in [3.63, 3.8) is 0 Å². The largest absolute Gasteiger partial charge is 0.395 e. The Labute approximate surface area is 130 Å². The lowest BCUT2D eigenvalue weighted by atomic mass is 9.97. The van der Waals surface area contributed by atoms with Crippen molar-refractivity contribution >= 4 is 21.4 Å². The zero-order valence-corrected chi connectivity index (χ0v) is 13.2. The van der Waals surface area contributed by atoms with Crippen LogP contribution < -0.4 is 5.32 Å². The number of aliphatic hydroxyl groups is 1. The van der Waals surface area contributed by atoms with Gasteiger partial charge in [-0.15, -0.1) is 11.3 Å². The van der Waals surface area contributed by atoms with Crippen LogP contribution in [0.3, 0.4) is 0 Å². The molecule has 21 heavy (non-hydrogen) atoms. The Hall–Kier alpha value is -0.940. The molecule has 1 saturated heterocycles. The number of hydrogen-bond donors (Lipinski definition) is 2. The van der Waals surface area contributed by atoms with Crippen molar-refractivity contribution in [2.75, 3.05) is 32.8 Å². The number of rotatable bonds is 6. The highest BCUT2D eigenvalue weighted by Crippen LogP contribution is 2.25. The van der Waals surface area contributed by atoms with E-state index in [0.717, 1.165) is 38.6 Å². The molecule has 0 saturated carbocycles. The number of nitrogens with one attached hydrogen (secondary N) is 1. The summed E-state index contributed by atoms with van der Waals surface area (Å²) >= 11 is 1.84. The number of nitrogens with zero attached hydrogens (tertiary/aromatic N) is 1. The highest BCUT2D eigenvalue weighted by molar-refractivity contribution is 7.17. The summed E-state index contributed by atoms with van der Waals surface area (Å²) in [5.41, 5.74) is 1.42. The fourth-order valence-electron chi connectivity index (χ4n) is 3.14. The molecule has 1 aliphatic heterocycles. The molecular formula is C17H24N2OS. The van der Waals surface area contributed by atoms with E-state index in [1.165, 1.54) is 28.5 Å².